The van der Waals surface area contributed by atoms with Gasteiger partial charge in [0.25, 0.3) is 5.91 Å². The van der Waals surface area contributed by atoms with Gasteiger partial charge in [0.15, 0.2) is 0 Å². The van der Waals surface area contributed by atoms with Crippen molar-refractivity contribution in [2.75, 3.05) is 5.32 Å². The van der Waals surface area contributed by atoms with Crippen molar-refractivity contribution in [1.29, 1.82) is 0 Å². The quantitative estimate of drug-likeness (QED) is 0.696. The molecule has 21 heavy (non-hydrogen) atoms. The maximum absolute atomic E-state index is 13.8. The van der Waals surface area contributed by atoms with Crippen molar-refractivity contribution >= 4 is 17.4 Å². The van der Waals surface area contributed by atoms with E-state index in [1.165, 1.54) is 12.3 Å². The lowest BCUT2D eigenvalue weighted by atomic mass is 10.1. The first-order chi connectivity index (χ1) is 9.88. The first kappa shape index (κ1) is 14.5. The molecule has 1 N–H and O–H groups in total. The fourth-order valence-corrected chi connectivity index (χ4v) is 1.60. The second kappa shape index (κ2) is 5.61. The Kier molecular flexibility index (Phi) is 3.88. The Balaban J connectivity index is 2.35. The molecule has 2 rings (SSSR count). The molecule has 0 aliphatic carbocycles. The second-order valence-corrected chi connectivity index (χ2v) is 4.22. The number of nitro benzene ring substituents is 1. The van der Waals surface area contributed by atoms with Crippen molar-refractivity contribution < 1.29 is 18.5 Å². The average Bonchev–Trinajstić information content (AvgIpc) is 2.43. The Morgan fingerprint density at radius 1 is 1.33 bits per heavy atom. The summed E-state index contributed by atoms with van der Waals surface area (Å²) in [5, 5.41) is 12.8. The third kappa shape index (κ3) is 3.16. The maximum atomic E-state index is 13.8. The average molecular weight is 293 g/mol. The Morgan fingerprint density at radius 2 is 2.05 bits per heavy atom. The van der Waals surface area contributed by atoms with Gasteiger partial charge in [0.1, 0.15) is 11.6 Å². The number of anilines is 1. The van der Waals surface area contributed by atoms with Gasteiger partial charge in [-0.2, -0.15) is 4.39 Å². The van der Waals surface area contributed by atoms with Crippen LogP contribution in [-0.2, 0) is 0 Å². The summed E-state index contributed by atoms with van der Waals surface area (Å²) in [6, 6.07) is 4.13. The fraction of sp³-hybridized carbons (Fsp3) is 0.0769. The van der Waals surface area contributed by atoms with Gasteiger partial charge in [-0.05, 0) is 24.6 Å². The summed E-state index contributed by atoms with van der Waals surface area (Å²) in [7, 11) is 0. The van der Waals surface area contributed by atoms with Crippen LogP contribution in [0.25, 0.3) is 0 Å². The van der Waals surface area contributed by atoms with Crippen molar-refractivity contribution in [3.63, 3.8) is 0 Å². The summed E-state index contributed by atoms with van der Waals surface area (Å²) in [6.45, 7) is 1.79. The Bertz CT molecular complexity index is 717. The Morgan fingerprint density at radius 3 is 2.62 bits per heavy atom. The molecule has 0 aliphatic rings. The number of carbonyl (C=O) groups is 1. The van der Waals surface area contributed by atoms with Crippen molar-refractivity contribution in [3.8, 4) is 0 Å². The smallest absolute Gasteiger partial charge is 0.306 e. The maximum Gasteiger partial charge on any atom is 0.308 e. The van der Waals surface area contributed by atoms with E-state index < -0.39 is 33.7 Å². The van der Waals surface area contributed by atoms with Crippen LogP contribution >= 0.6 is 0 Å². The lowest BCUT2D eigenvalue weighted by Crippen LogP contribution is -2.16. The zero-order valence-corrected chi connectivity index (χ0v) is 10.8. The summed E-state index contributed by atoms with van der Waals surface area (Å²) >= 11 is 0. The van der Waals surface area contributed by atoms with E-state index in [4.69, 9.17) is 0 Å². The van der Waals surface area contributed by atoms with Crippen molar-refractivity contribution in [2.24, 2.45) is 0 Å². The molecule has 2 aromatic rings. The number of benzene rings is 1. The van der Waals surface area contributed by atoms with Gasteiger partial charge < -0.3 is 5.32 Å². The van der Waals surface area contributed by atoms with Gasteiger partial charge in [0.2, 0.25) is 5.82 Å². The summed E-state index contributed by atoms with van der Waals surface area (Å²) < 4.78 is 27.1. The van der Waals surface area contributed by atoms with E-state index >= 15 is 0 Å². The molecule has 1 aromatic heterocycles. The Hall–Kier alpha value is -2.90. The molecule has 0 saturated heterocycles. The van der Waals surface area contributed by atoms with Gasteiger partial charge >= 0.3 is 5.69 Å². The highest BCUT2D eigenvalue weighted by Gasteiger charge is 2.24. The topological polar surface area (TPSA) is 85.1 Å². The van der Waals surface area contributed by atoms with E-state index in [9.17, 15) is 23.7 Å². The predicted molar refractivity (Wildman–Crippen MR) is 69.9 cm³/mol. The van der Waals surface area contributed by atoms with Crippen LogP contribution in [0, 0.1) is 28.7 Å². The number of nitro groups is 1. The third-order valence-electron chi connectivity index (χ3n) is 2.61. The van der Waals surface area contributed by atoms with Crippen molar-refractivity contribution in [2.45, 2.75) is 6.92 Å². The van der Waals surface area contributed by atoms with E-state index in [-0.39, 0.29) is 5.82 Å². The van der Waals surface area contributed by atoms with E-state index in [2.05, 4.69) is 10.3 Å². The van der Waals surface area contributed by atoms with Gasteiger partial charge in [-0.1, -0.05) is 6.07 Å². The van der Waals surface area contributed by atoms with E-state index in [1.54, 1.807) is 13.0 Å². The molecule has 0 bridgehead atoms. The zero-order chi connectivity index (χ0) is 15.6. The minimum atomic E-state index is -1.40. The number of carbonyl (C=O) groups excluding carboxylic acids is 1. The number of halogens is 2. The number of pyridine rings is 1. The number of rotatable bonds is 3. The number of aryl methyl sites for hydroxylation is 1. The highest BCUT2D eigenvalue weighted by molar-refractivity contribution is 6.04. The van der Waals surface area contributed by atoms with Gasteiger partial charge in [-0.25, -0.2) is 9.37 Å². The summed E-state index contributed by atoms with van der Waals surface area (Å²) in [4.78, 5) is 25.2. The van der Waals surface area contributed by atoms with Crippen LogP contribution in [0.15, 0.2) is 30.5 Å². The molecule has 0 fully saturated rings. The molecule has 0 saturated carbocycles. The van der Waals surface area contributed by atoms with Crippen molar-refractivity contribution in [1.82, 2.24) is 4.98 Å². The van der Waals surface area contributed by atoms with Gasteiger partial charge in [-0.15, -0.1) is 0 Å². The van der Waals surface area contributed by atoms with E-state index in [0.717, 1.165) is 5.56 Å². The van der Waals surface area contributed by atoms with Gasteiger partial charge in [0, 0.05) is 6.20 Å². The Labute approximate surface area is 117 Å². The molecule has 0 radical (unpaired) electrons. The van der Waals surface area contributed by atoms with Crippen LogP contribution in [0.1, 0.15) is 15.9 Å². The van der Waals surface area contributed by atoms with Crippen LogP contribution in [0.2, 0.25) is 0 Å². The van der Waals surface area contributed by atoms with E-state index in [0.29, 0.717) is 12.1 Å². The molecule has 8 heteroatoms. The SMILES string of the molecule is Cc1ccc(NC(=O)c2cc(F)cc([N+](=O)[O-])c2F)nc1. The predicted octanol–water partition coefficient (Wildman–Crippen LogP) is 2.83. The minimum Gasteiger partial charge on any atom is -0.306 e. The first-order valence-electron chi connectivity index (χ1n) is 5.76. The molecule has 1 amide bonds. The molecular formula is C13H9F2N3O3. The number of nitrogens with one attached hydrogen (secondary N) is 1. The normalized spacial score (nSPS) is 10.2. The van der Waals surface area contributed by atoms with Crippen LogP contribution in [-0.4, -0.2) is 15.8 Å². The summed E-state index contributed by atoms with van der Waals surface area (Å²) in [6.07, 6.45) is 1.47. The molecule has 1 heterocycles. The molecule has 1 aromatic carbocycles. The van der Waals surface area contributed by atoms with Crippen LogP contribution in [0.4, 0.5) is 20.3 Å². The molecule has 6 nitrogen and oxygen atoms in total. The van der Waals surface area contributed by atoms with E-state index in [1.807, 2.05) is 0 Å². The number of aromatic nitrogens is 1. The largest absolute Gasteiger partial charge is 0.308 e. The zero-order valence-electron chi connectivity index (χ0n) is 10.8. The first-order valence-corrected chi connectivity index (χ1v) is 5.76. The second-order valence-electron chi connectivity index (χ2n) is 4.22. The minimum absolute atomic E-state index is 0.122. The highest BCUT2D eigenvalue weighted by atomic mass is 19.1. The van der Waals surface area contributed by atoms with Crippen molar-refractivity contribution in [3.05, 3.63) is 63.3 Å². The molecule has 108 valence electrons. The fourth-order valence-electron chi connectivity index (χ4n) is 1.60. The number of nitrogens with zero attached hydrogens (tertiary/aromatic N) is 2. The molecule has 0 spiro atoms. The molecule has 0 atom stereocenters. The number of hydrogen-bond acceptors (Lipinski definition) is 4. The number of amides is 1. The van der Waals surface area contributed by atoms with Crippen LogP contribution < -0.4 is 5.32 Å². The monoisotopic (exact) mass is 293 g/mol. The standard InChI is InChI=1S/C13H9F2N3O3/c1-7-2-3-11(16-6-7)17-13(19)9-4-8(14)5-10(12(9)15)18(20)21/h2-6H,1H3,(H,16,17,19). The molecule has 0 aliphatic heterocycles. The lowest BCUT2D eigenvalue weighted by Gasteiger charge is -2.06. The van der Waals surface area contributed by atoms with Crippen LogP contribution in [0.5, 0.6) is 0 Å². The van der Waals surface area contributed by atoms with Crippen LogP contribution in [0.3, 0.4) is 0 Å². The molecule has 0 unspecified atom stereocenters. The number of hydrogen-bond donors (Lipinski definition) is 1. The summed E-state index contributed by atoms with van der Waals surface area (Å²) in [5.74, 6) is -3.38. The third-order valence-corrected chi connectivity index (χ3v) is 2.61. The highest BCUT2D eigenvalue weighted by Crippen LogP contribution is 2.23. The summed E-state index contributed by atoms with van der Waals surface area (Å²) in [5.41, 5.74) is -1.01. The van der Waals surface area contributed by atoms with Gasteiger partial charge in [-0.3, -0.25) is 14.9 Å². The van der Waals surface area contributed by atoms with Gasteiger partial charge in [0.05, 0.1) is 16.6 Å². The lowest BCUT2D eigenvalue weighted by molar-refractivity contribution is -0.387. The molecular weight excluding hydrogens is 284 g/mol.